The third kappa shape index (κ3) is 8.26. The number of carbonyl (C=O) groups excluding carboxylic acids is 4. The minimum atomic E-state index is -0.799. The first-order chi connectivity index (χ1) is 27.2. The maximum Gasteiger partial charge on any atom is 0.407 e. The molecule has 2 aliphatic rings. The number of rotatable bonds is 11. The van der Waals surface area contributed by atoms with Crippen LogP contribution >= 0.6 is 0 Å². The molecule has 0 radical (unpaired) electrons. The maximum absolute atomic E-state index is 13.8. The van der Waals surface area contributed by atoms with Crippen molar-refractivity contribution >= 4 is 24.0 Å². The molecule has 56 heavy (non-hydrogen) atoms. The summed E-state index contributed by atoms with van der Waals surface area (Å²) < 4.78 is 9.47. The number of aromatic nitrogens is 5. The van der Waals surface area contributed by atoms with E-state index < -0.39 is 24.3 Å². The molecule has 2 saturated heterocycles. The summed E-state index contributed by atoms with van der Waals surface area (Å²) in [7, 11) is 2.55. The molecule has 15 heteroatoms. The van der Waals surface area contributed by atoms with Gasteiger partial charge in [-0.25, -0.2) is 19.6 Å². The van der Waals surface area contributed by atoms with Crippen LogP contribution in [0.15, 0.2) is 85.5 Å². The van der Waals surface area contributed by atoms with Crippen LogP contribution in [0.3, 0.4) is 0 Å². The molecule has 0 saturated carbocycles. The zero-order valence-electron chi connectivity index (χ0n) is 31.5. The number of methoxy groups -OCH3 is 2. The molecule has 0 bridgehead atoms. The average molecular weight is 760 g/mol. The number of alkyl carbamates (subject to hydrolysis) is 2. The summed E-state index contributed by atoms with van der Waals surface area (Å²) in [5, 5.41) is 5.27. The van der Waals surface area contributed by atoms with Crippen LogP contribution < -0.4 is 10.6 Å². The molecule has 2 aliphatic heterocycles. The number of benzene rings is 2. The number of likely N-dealkylation sites (tertiary alicyclic amines) is 2. The lowest BCUT2D eigenvalue weighted by Gasteiger charge is -2.28. The molecule has 3 aromatic heterocycles. The van der Waals surface area contributed by atoms with E-state index in [2.05, 4.69) is 59.6 Å². The number of nitrogens with one attached hydrogen (secondary N) is 4. The molecule has 2 aromatic carbocycles. The van der Waals surface area contributed by atoms with E-state index in [1.54, 1.807) is 41.5 Å². The number of imidazole rings is 2. The predicted octanol–water partition coefficient (Wildman–Crippen LogP) is 5.57. The van der Waals surface area contributed by atoms with Crippen LogP contribution in [0.5, 0.6) is 0 Å². The van der Waals surface area contributed by atoms with Gasteiger partial charge >= 0.3 is 12.2 Å². The van der Waals surface area contributed by atoms with Crippen molar-refractivity contribution < 1.29 is 28.7 Å². The van der Waals surface area contributed by atoms with E-state index in [-0.39, 0.29) is 23.9 Å². The van der Waals surface area contributed by atoms with Gasteiger partial charge in [-0.15, -0.1) is 0 Å². The fraction of sp³-hybridized carbons (Fsp3) is 0.341. The van der Waals surface area contributed by atoms with Crippen LogP contribution in [-0.4, -0.2) is 98.1 Å². The van der Waals surface area contributed by atoms with E-state index in [1.165, 1.54) is 14.2 Å². The number of aromatic amines is 2. The topological polar surface area (TPSA) is 188 Å². The van der Waals surface area contributed by atoms with Crippen LogP contribution in [0.4, 0.5) is 9.59 Å². The van der Waals surface area contributed by atoms with Crippen LogP contribution in [0.25, 0.3) is 33.6 Å². The van der Waals surface area contributed by atoms with Crippen LogP contribution in [0.1, 0.15) is 61.9 Å². The van der Waals surface area contributed by atoms with E-state index in [0.717, 1.165) is 64.9 Å². The van der Waals surface area contributed by atoms with Gasteiger partial charge in [0.15, 0.2) is 0 Å². The van der Waals surface area contributed by atoms with Gasteiger partial charge in [-0.3, -0.25) is 14.6 Å². The highest BCUT2D eigenvalue weighted by Crippen LogP contribution is 2.34. The van der Waals surface area contributed by atoms with Crippen molar-refractivity contribution in [3.63, 3.8) is 0 Å². The van der Waals surface area contributed by atoms with E-state index in [4.69, 9.17) is 9.72 Å². The van der Waals surface area contributed by atoms with Crippen molar-refractivity contribution in [2.45, 2.75) is 63.2 Å². The van der Waals surface area contributed by atoms with Gasteiger partial charge in [-0.05, 0) is 72.6 Å². The molecular weight excluding hydrogens is 715 g/mol. The summed E-state index contributed by atoms with van der Waals surface area (Å²) in [5.41, 5.74) is 6.59. The van der Waals surface area contributed by atoms with E-state index in [9.17, 15) is 19.2 Å². The minimum Gasteiger partial charge on any atom is -0.453 e. The Balaban J connectivity index is 0.996. The zero-order chi connectivity index (χ0) is 39.2. The fourth-order valence-corrected chi connectivity index (χ4v) is 7.52. The summed E-state index contributed by atoms with van der Waals surface area (Å²) in [4.78, 5) is 74.6. The summed E-state index contributed by atoms with van der Waals surface area (Å²) in [6.07, 6.45) is 9.10. The number of ether oxygens (including phenoxy) is 2. The molecule has 15 nitrogen and oxygen atoms in total. The number of nitrogens with zero attached hydrogens (tertiary/aromatic N) is 5. The molecule has 2 fully saturated rings. The smallest absolute Gasteiger partial charge is 0.407 e. The summed E-state index contributed by atoms with van der Waals surface area (Å²) in [5.74, 6) is 1.05. The number of H-pyrrole nitrogens is 2. The highest BCUT2D eigenvalue weighted by Gasteiger charge is 2.37. The van der Waals surface area contributed by atoms with Crippen LogP contribution in [0, 0.1) is 0 Å². The molecule has 4 amide bonds. The van der Waals surface area contributed by atoms with Crippen molar-refractivity contribution in [2.24, 2.45) is 0 Å². The Labute approximate surface area is 324 Å². The second-order valence-electron chi connectivity index (χ2n) is 14.0. The Kier molecular flexibility index (Phi) is 11.4. The Bertz CT molecular complexity index is 2150. The quantitative estimate of drug-likeness (QED) is 0.134. The lowest BCUT2D eigenvalue weighted by atomic mass is 10.0. The van der Waals surface area contributed by atoms with Crippen molar-refractivity contribution in [2.75, 3.05) is 27.3 Å². The number of carbonyl (C=O) groups is 4. The summed E-state index contributed by atoms with van der Waals surface area (Å²) >= 11 is 0. The molecule has 5 heterocycles. The van der Waals surface area contributed by atoms with Gasteiger partial charge in [0.1, 0.15) is 23.7 Å². The first-order valence-corrected chi connectivity index (χ1v) is 18.7. The van der Waals surface area contributed by atoms with E-state index in [1.807, 2.05) is 36.4 Å². The van der Waals surface area contributed by atoms with Crippen LogP contribution in [-0.2, 0) is 25.5 Å². The average Bonchev–Trinajstić information content (AvgIpc) is 4.07. The lowest BCUT2D eigenvalue weighted by molar-refractivity contribution is -0.134. The summed E-state index contributed by atoms with van der Waals surface area (Å²) in [6, 6.07) is 18.1. The normalized spacial score (nSPS) is 17.6. The first-order valence-electron chi connectivity index (χ1n) is 18.7. The molecule has 4 N–H and O–H groups in total. The molecule has 290 valence electrons. The second-order valence-corrected chi connectivity index (χ2v) is 14.0. The van der Waals surface area contributed by atoms with Gasteiger partial charge in [0, 0.05) is 31.9 Å². The van der Waals surface area contributed by atoms with Gasteiger partial charge in [0.25, 0.3) is 0 Å². The molecule has 4 atom stereocenters. The van der Waals surface area contributed by atoms with Gasteiger partial charge < -0.3 is 39.9 Å². The van der Waals surface area contributed by atoms with E-state index in [0.29, 0.717) is 31.2 Å². The standard InChI is InChI=1S/C41H45N9O6/c1-25(45-40(53)55-2)38(51)49-20-4-6-34(49)36-43-23-32(46-36)29-12-8-27(9-13-29)28-10-14-30(15-11-28)33-24-44-37(47-33)35-7-5-21-50(35)39(52)31(48-41(54)56-3)22-26-16-18-42-19-17-26/h8-19,23-25,31,34-35H,4-7,20-22H2,1-3H3,(H,43,46)(H,44,47)(H,45,53)(H,48,54)/t25?,31-,34-,35-/m0/s1. The number of hydrogen-bond acceptors (Lipinski definition) is 9. The van der Waals surface area contributed by atoms with Crippen LogP contribution in [0.2, 0.25) is 0 Å². The van der Waals surface area contributed by atoms with Gasteiger partial charge in [-0.1, -0.05) is 48.5 Å². The van der Waals surface area contributed by atoms with Crippen molar-refractivity contribution in [1.82, 2.24) is 45.4 Å². The largest absolute Gasteiger partial charge is 0.453 e. The zero-order valence-corrected chi connectivity index (χ0v) is 31.5. The molecule has 7 rings (SSSR count). The second kappa shape index (κ2) is 16.9. The van der Waals surface area contributed by atoms with Gasteiger partial charge in [0.05, 0.1) is 50.1 Å². The molecule has 0 aliphatic carbocycles. The summed E-state index contributed by atoms with van der Waals surface area (Å²) in [6.45, 7) is 2.80. The third-order valence-corrected chi connectivity index (χ3v) is 10.5. The maximum atomic E-state index is 13.8. The highest BCUT2D eigenvalue weighted by atomic mass is 16.5. The lowest BCUT2D eigenvalue weighted by Crippen LogP contribution is -2.49. The predicted molar refractivity (Wildman–Crippen MR) is 207 cm³/mol. The monoisotopic (exact) mass is 759 g/mol. The Morgan fingerprint density at radius 3 is 1.66 bits per heavy atom. The number of pyridine rings is 1. The third-order valence-electron chi connectivity index (χ3n) is 10.5. The number of hydrogen-bond donors (Lipinski definition) is 4. The Hall–Kier alpha value is -6.51. The number of amides is 4. The molecule has 1 unspecified atom stereocenters. The van der Waals surface area contributed by atoms with Gasteiger partial charge in [0.2, 0.25) is 11.8 Å². The molecule has 5 aromatic rings. The van der Waals surface area contributed by atoms with Crippen molar-refractivity contribution in [1.29, 1.82) is 0 Å². The fourth-order valence-electron chi connectivity index (χ4n) is 7.52. The van der Waals surface area contributed by atoms with Crippen molar-refractivity contribution in [3.8, 4) is 33.6 Å². The highest BCUT2D eigenvalue weighted by molar-refractivity contribution is 5.87. The molecular formula is C41H45N9O6. The van der Waals surface area contributed by atoms with Crippen molar-refractivity contribution in [3.05, 3.63) is 103 Å². The van der Waals surface area contributed by atoms with Gasteiger partial charge in [-0.2, -0.15) is 0 Å². The Morgan fingerprint density at radius 1 is 0.696 bits per heavy atom. The minimum absolute atomic E-state index is 0.177. The Morgan fingerprint density at radius 2 is 1.16 bits per heavy atom. The first kappa shape index (κ1) is 37.8. The van der Waals surface area contributed by atoms with E-state index >= 15 is 0 Å². The SMILES string of the molecule is COC(=O)NC(C)C(=O)N1CCC[C@H]1c1ncc(-c2ccc(-c3ccc(-c4cnc([C@@H]5CCCN5C(=O)[C@H](Cc5ccncc5)NC(=O)OC)[nH]4)cc3)cc2)[nH]1. The molecule has 0 spiro atoms.